The van der Waals surface area contributed by atoms with Gasteiger partial charge in [-0.05, 0) is 21.5 Å². The average Bonchev–Trinajstić information content (AvgIpc) is 2.18. The number of aromatic hydroxyl groups is 1. The molecule has 0 saturated heterocycles. The maximum Gasteiger partial charge on any atom is 0.573 e. The van der Waals surface area contributed by atoms with Gasteiger partial charge in [0.1, 0.15) is 0 Å². The molecule has 0 aromatic carbocycles. The smallest absolute Gasteiger partial charge is 0.501 e. The molecule has 0 spiro atoms. The number of nitrogens with zero attached hydrogens (tertiary/aromatic N) is 2. The minimum Gasteiger partial charge on any atom is -0.501 e. The topological polar surface area (TPSA) is 103 Å². The minimum absolute atomic E-state index is 0.214. The molecule has 1 aromatic rings. The fourth-order valence-corrected chi connectivity index (χ4v) is 1.07. The quantitative estimate of drug-likeness (QED) is 0.517. The molecule has 0 aliphatic heterocycles. The summed E-state index contributed by atoms with van der Waals surface area (Å²) in [7, 11) is 0. The number of nitro groups is 1. The third kappa shape index (κ3) is 3.20. The van der Waals surface area contributed by atoms with Crippen molar-refractivity contribution in [2.75, 3.05) is 0 Å². The van der Waals surface area contributed by atoms with Crippen LogP contribution in [0.5, 0.6) is 11.5 Å². The number of carbonyl (C=O) groups is 1. The second-order valence-corrected chi connectivity index (χ2v) is 3.10. The molecule has 1 heterocycles. The molecule has 7 nitrogen and oxygen atoms in total. The average molecular weight is 287 g/mol. The fourth-order valence-electron chi connectivity index (χ4n) is 0.935. The van der Waals surface area contributed by atoms with Crippen LogP contribution in [0.2, 0.25) is 0 Å². The molecule has 0 bridgehead atoms. The Morgan fingerprint density at radius 2 is 2.11 bits per heavy atom. The van der Waals surface area contributed by atoms with Gasteiger partial charge in [0.15, 0.2) is 5.75 Å². The van der Waals surface area contributed by atoms with Crippen molar-refractivity contribution in [3.05, 3.63) is 21.9 Å². The highest BCUT2D eigenvalue weighted by atomic mass is 35.5. The Kier molecular flexibility index (Phi) is 3.60. The molecule has 0 radical (unpaired) electrons. The molecule has 98 valence electrons. The summed E-state index contributed by atoms with van der Waals surface area (Å²) < 4.78 is 39.1. The Balaban J connectivity index is 3.40. The lowest BCUT2D eigenvalue weighted by atomic mass is 10.3. The van der Waals surface area contributed by atoms with Crippen LogP contribution in [0.25, 0.3) is 0 Å². The Labute approximate surface area is 101 Å². The van der Waals surface area contributed by atoms with Gasteiger partial charge >= 0.3 is 17.4 Å². The summed E-state index contributed by atoms with van der Waals surface area (Å²) >= 11 is 4.91. The zero-order valence-electron chi connectivity index (χ0n) is 8.06. The van der Waals surface area contributed by atoms with Crippen LogP contribution in [0.1, 0.15) is 10.5 Å². The molecular formula is C7H2ClF3N2O5. The first-order chi connectivity index (χ1) is 8.11. The van der Waals surface area contributed by atoms with Gasteiger partial charge in [-0.15, -0.1) is 13.2 Å². The third-order valence-corrected chi connectivity index (χ3v) is 1.72. The van der Waals surface area contributed by atoms with Gasteiger partial charge in [0.25, 0.3) is 5.69 Å². The second-order valence-electron chi connectivity index (χ2n) is 2.75. The summed E-state index contributed by atoms with van der Waals surface area (Å²) in [5.41, 5.74) is -1.11. The van der Waals surface area contributed by atoms with Gasteiger partial charge in [0.05, 0.1) is 6.07 Å². The van der Waals surface area contributed by atoms with Gasteiger partial charge in [-0.2, -0.15) is 0 Å². The van der Waals surface area contributed by atoms with Crippen LogP contribution in [0.15, 0.2) is 6.07 Å². The number of aromatic nitrogens is 1. The SMILES string of the molecule is O=C(Cl)c1nc([N+](=O)[O-])cc(OC(F)(F)F)c1O. The highest BCUT2D eigenvalue weighted by Gasteiger charge is 2.36. The lowest BCUT2D eigenvalue weighted by molar-refractivity contribution is -0.389. The van der Waals surface area contributed by atoms with E-state index in [0.29, 0.717) is 0 Å². The van der Waals surface area contributed by atoms with Crippen LogP contribution in [-0.4, -0.2) is 26.6 Å². The summed E-state index contributed by atoms with van der Waals surface area (Å²) in [5.74, 6) is -3.80. The molecule has 11 heteroatoms. The van der Waals surface area contributed by atoms with Gasteiger partial charge in [-0.3, -0.25) is 4.79 Å². The van der Waals surface area contributed by atoms with Crippen LogP contribution in [0.4, 0.5) is 19.0 Å². The lowest BCUT2D eigenvalue weighted by Gasteiger charge is -2.09. The minimum atomic E-state index is -5.21. The van der Waals surface area contributed by atoms with Crippen molar-refractivity contribution >= 4 is 22.7 Å². The van der Waals surface area contributed by atoms with E-state index >= 15 is 0 Å². The standard InChI is InChI=1S/C7H2ClF3N2O5/c8-6(15)4-5(14)2(18-7(9,10)11)1-3(12-4)13(16)17/h1,14H. The van der Waals surface area contributed by atoms with E-state index in [-0.39, 0.29) is 6.07 Å². The van der Waals surface area contributed by atoms with Gasteiger partial charge in [0, 0.05) is 0 Å². The number of rotatable bonds is 3. The van der Waals surface area contributed by atoms with E-state index in [0.717, 1.165) is 0 Å². The summed E-state index contributed by atoms with van der Waals surface area (Å²) in [4.78, 5) is 22.9. The second kappa shape index (κ2) is 4.64. The van der Waals surface area contributed by atoms with Crippen molar-refractivity contribution in [3.63, 3.8) is 0 Å². The molecule has 0 unspecified atom stereocenters. The predicted molar refractivity (Wildman–Crippen MR) is 49.4 cm³/mol. The first kappa shape index (κ1) is 14.0. The van der Waals surface area contributed by atoms with Crippen LogP contribution < -0.4 is 4.74 Å². The fraction of sp³-hybridized carbons (Fsp3) is 0.143. The van der Waals surface area contributed by atoms with Crippen molar-refractivity contribution in [1.29, 1.82) is 0 Å². The maximum absolute atomic E-state index is 11.9. The van der Waals surface area contributed by atoms with E-state index in [1.807, 2.05) is 0 Å². The highest BCUT2D eigenvalue weighted by Crippen LogP contribution is 2.36. The number of ether oxygens (including phenoxy) is 1. The predicted octanol–water partition coefficient (Wildman–Crippen LogP) is 1.97. The Bertz CT molecular complexity index is 519. The number of hydrogen-bond acceptors (Lipinski definition) is 6. The van der Waals surface area contributed by atoms with E-state index in [1.165, 1.54) is 0 Å². The Morgan fingerprint density at radius 1 is 1.56 bits per heavy atom. The number of alkyl halides is 3. The van der Waals surface area contributed by atoms with Gasteiger partial charge in [0.2, 0.25) is 5.75 Å². The summed E-state index contributed by atoms with van der Waals surface area (Å²) in [6.45, 7) is 0. The molecule has 0 aliphatic rings. The molecule has 0 aliphatic carbocycles. The molecule has 0 saturated carbocycles. The maximum atomic E-state index is 11.9. The van der Waals surface area contributed by atoms with Crippen molar-refractivity contribution in [1.82, 2.24) is 4.98 Å². The molecule has 1 N–H and O–H groups in total. The number of hydrogen-bond donors (Lipinski definition) is 1. The van der Waals surface area contributed by atoms with Crippen molar-refractivity contribution < 1.29 is 32.7 Å². The molecule has 1 rings (SSSR count). The lowest BCUT2D eigenvalue weighted by Crippen LogP contribution is -2.18. The monoisotopic (exact) mass is 286 g/mol. The molecule has 1 aromatic heterocycles. The van der Waals surface area contributed by atoms with Gasteiger partial charge in [-0.1, -0.05) is 0 Å². The highest BCUT2D eigenvalue weighted by molar-refractivity contribution is 6.67. The van der Waals surface area contributed by atoms with Gasteiger partial charge < -0.3 is 20.0 Å². The molecule has 0 amide bonds. The molecule has 0 atom stereocenters. The van der Waals surface area contributed by atoms with Crippen LogP contribution in [-0.2, 0) is 0 Å². The van der Waals surface area contributed by atoms with Crippen molar-refractivity contribution in [2.24, 2.45) is 0 Å². The van der Waals surface area contributed by atoms with E-state index in [9.17, 15) is 33.2 Å². The zero-order chi connectivity index (χ0) is 14.1. The van der Waals surface area contributed by atoms with E-state index in [1.54, 1.807) is 0 Å². The first-order valence-electron chi connectivity index (χ1n) is 3.96. The van der Waals surface area contributed by atoms with Crippen LogP contribution >= 0.6 is 11.6 Å². The summed E-state index contributed by atoms with van der Waals surface area (Å²) in [5, 5.41) is 18.1. The van der Waals surface area contributed by atoms with Crippen molar-refractivity contribution in [3.8, 4) is 11.5 Å². The molecule has 18 heavy (non-hydrogen) atoms. The molecular weight excluding hydrogens is 285 g/mol. The number of pyridine rings is 1. The Hall–Kier alpha value is -2.10. The van der Waals surface area contributed by atoms with Crippen LogP contribution in [0, 0.1) is 10.1 Å². The van der Waals surface area contributed by atoms with Crippen molar-refractivity contribution in [2.45, 2.75) is 6.36 Å². The summed E-state index contributed by atoms with van der Waals surface area (Å²) in [6, 6.07) is 0.214. The number of halogens is 4. The Morgan fingerprint density at radius 3 is 2.50 bits per heavy atom. The summed E-state index contributed by atoms with van der Waals surface area (Å²) in [6.07, 6.45) is -5.21. The van der Waals surface area contributed by atoms with E-state index in [2.05, 4.69) is 9.72 Å². The first-order valence-corrected chi connectivity index (χ1v) is 4.33. The normalized spacial score (nSPS) is 11.1. The zero-order valence-corrected chi connectivity index (χ0v) is 8.82. The molecule has 0 fully saturated rings. The van der Waals surface area contributed by atoms with E-state index in [4.69, 9.17) is 11.6 Å². The van der Waals surface area contributed by atoms with E-state index < -0.39 is 39.5 Å². The van der Waals surface area contributed by atoms with Gasteiger partial charge in [-0.25, -0.2) is 0 Å². The number of carbonyl (C=O) groups excluding carboxylic acids is 1. The van der Waals surface area contributed by atoms with Crippen LogP contribution in [0.3, 0.4) is 0 Å². The third-order valence-electron chi connectivity index (χ3n) is 1.54. The largest absolute Gasteiger partial charge is 0.573 e.